The van der Waals surface area contributed by atoms with Crippen LogP contribution in [0, 0.1) is 0 Å². The highest BCUT2D eigenvalue weighted by molar-refractivity contribution is 5.71. The third-order valence-electron chi connectivity index (χ3n) is 12.1. The number of likely N-dealkylation sites (N-methyl/N-ethyl adjacent to an activating group) is 1. The summed E-state index contributed by atoms with van der Waals surface area (Å²) >= 11 is 0. The summed E-state index contributed by atoms with van der Waals surface area (Å²) < 4.78 is 22.8. The van der Waals surface area contributed by atoms with E-state index in [2.05, 4.69) is 50.3 Å². The number of allylic oxidation sites excluding steroid dienone is 6. The Morgan fingerprint density at radius 3 is 1.21 bits per heavy atom. The van der Waals surface area contributed by atoms with Crippen molar-refractivity contribution in [3.05, 3.63) is 36.5 Å². The molecule has 66 heavy (non-hydrogen) atoms. The van der Waals surface area contributed by atoms with Gasteiger partial charge in [-0.05, 0) is 70.6 Å². The van der Waals surface area contributed by atoms with Crippen LogP contribution < -0.4 is 0 Å². The normalized spacial score (nSPS) is 13.0. The number of hydrogen-bond donors (Lipinski definition) is 1. The molecule has 2 atom stereocenters. The van der Waals surface area contributed by atoms with E-state index in [1.54, 1.807) is 0 Å². The van der Waals surface area contributed by atoms with Gasteiger partial charge in [0.2, 0.25) is 0 Å². The van der Waals surface area contributed by atoms with Crippen LogP contribution in [0.3, 0.4) is 0 Å². The number of ether oxygens (including phenoxy) is 4. The Bertz CT molecular complexity index is 1180. The number of carboxylic acids is 1. The molecule has 0 radical (unpaired) electrons. The molecular weight excluding hydrogens is 827 g/mol. The van der Waals surface area contributed by atoms with Crippen molar-refractivity contribution in [2.45, 2.75) is 264 Å². The molecule has 386 valence electrons. The number of unbranched alkanes of at least 4 members (excludes halogenated alkanes) is 30. The molecule has 0 amide bonds. The van der Waals surface area contributed by atoms with E-state index in [4.69, 9.17) is 18.9 Å². The van der Waals surface area contributed by atoms with Gasteiger partial charge in [0.25, 0.3) is 6.29 Å². The van der Waals surface area contributed by atoms with Gasteiger partial charge in [-0.3, -0.25) is 9.59 Å². The molecule has 0 aliphatic rings. The van der Waals surface area contributed by atoms with Gasteiger partial charge in [-0.15, -0.1) is 0 Å². The van der Waals surface area contributed by atoms with Crippen molar-refractivity contribution in [1.82, 2.24) is 0 Å². The molecule has 1 N–H and O–H groups in total. The fourth-order valence-electron chi connectivity index (χ4n) is 7.80. The Labute approximate surface area is 407 Å². The Hall–Kier alpha value is -2.49. The summed E-state index contributed by atoms with van der Waals surface area (Å²) in [6.45, 7) is 4.88. The molecular formula is C57H106NO8+. The second-order valence-corrected chi connectivity index (χ2v) is 19.9. The van der Waals surface area contributed by atoms with Gasteiger partial charge in [-0.25, -0.2) is 4.79 Å². The second kappa shape index (κ2) is 48.9. The van der Waals surface area contributed by atoms with Crippen molar-refractivity contribution < 1.29 is 42.9 Å². The first-order chi connectivity index (χ1) is 32.1. The molecule has 0 aliphatic heterocycles. The Morgan fingerprint density at radius 1 is 0.455 bits per heavy atom. The van der Waals surface area contributed by atoms with E-state index >= 15 is 0 Å². The average molecular weight is 933 g/mol. The summed E-state index contributed by atoms with van der Waals surface area (Å²) in [6, 6.07) is 0. The van der Waals surface area contributed by atoms with Crippen molar-refractivity contribution in [2.24, 2.45) is 0 Å². The molecule has 0 heterocycles. The van der Waals surface area contributed by atoms with Gasteiger partial charge in [0.15, 0.2) is 6.10 Å². The summed E-state index contributed by atoms with van der Waals surface area (Å²) in [4.78, 5) is 37.3. The highest BCUT2D eigenvalue weighted by Gasteiger charge is 2.25. The van der Waals surface area contributed by atoms with Crippen LogP contribution in [0.25, 0.3) is 0 Å². The van der Waals surface area contributed by atoms with Gasteiger partial charge >= 0.3 is 17.9 Å². The first-order valence-electron chi connectivity index (χ1n) is 27.7. The van der Waals surface area contributed by atoms with Crippen molar-refractivity contribution in [3.63, 3.8) is 0 Å². The average Bonchev–Trinajstić information content (AvgIpc) is 3.28. The third-order valence-corrected chi connectivity index (χ3v) is 12.1. The third kappa shape index (κ3) is 49.4. The summed E-state index contributed by atoms with van der Waals surface area (Å²) in [5.74, 6) is -2.01. The van der Waals surface area contributed by atoms with Gasteiger partial charge in [-0.1, -0.05) is 204 Å². The first kappa shape index (κ1) is 63.5. The van der Waals surface area contributed by atoms with E-state index in [-0.39, 0.29) is 32.2 Å². The summed E-state index contributed by atoms with van der Waals surface area (Å²) in [5.41, 5.74) is 0. The maximum atomic E-state index is 12.8. The lowest BCUT2D eigenvalue weighted by Crippen LogP contribution is -2.40. The van der Waals surface area contributed by atoms with Crippen LogP contribution in [0.4, 0.5) is 0 Å². The topological polar surface area (TPSA) is 108 Å². The zero-order valence-corrected chi connectivity index (χ0v) is 43.9. The predicted molar refractivity (Wildman–Crippen MR) is 277 cm³/mol. The Balaban J connectivity index is 4.25. The van der Waals surface area contributed by atoms with Crippen molar-refractivity contribution in [3.8, 4) is 0 Å². The molecule has 2 unspecified atom stereocenters. The largest absolute Gasteiger partial charge is 0.477 e. The number of nitrogens with zero attached hydrogens (tertiary/aromatic N) is 1. The molecule has 0 aromatic heterocycles. The van der Waals surface area contributed by atoms with Crippen LogP contribution in [0.15, 0.2) is 36.5 Å². The fraction of sp³-hybridized carbons (Fsp3) is 0.842. The van der Waals surface area contributed by atoms with Crippen LogP contribution in [0.2, 0.25) is 0 Å². The van der Waals surface area contributed by atoms with Gasteiger partial charge in [0.1, 0.15) is 13.2 Å². The number of rotatable bonds is 51. The monoisotopic (exact) mass is 933 g/mol. The highest BCUT2D eigenvalue weighted by atomic mass is 16.7. The van der Waals surface area contributed by atoms with Crippen LogP contribution in [0.1, 0.15) is 251 Å². The summed E-state index contributed by atoms with van der Waals surface area (Å²) in [7, 11) is 5.97. The van der Waals surface area contributed by atoms with Crippen LogP contribution >= 0.6 is 0 Å². The quantitative estimate of drug-likeness (QED) is 0.0211. The van der Waals surface area contributed by atoms with E-state index in [1.165, 1.54) is 167 Å². The van der Waals surface area contributed by atoms with Crippen molar-refractivity contribution in [2.75, 3.05) is 47.5 Å². The van der Waals surface area contributed by atoms with Gasteiger partial charge in [0, 0.05) is 12.8 Å². The molecule has 0 aromatic rings. The number of quaternary nitrogens is 1. The Kier molecular flexibility index (Phi) is 47.1. The van der Waals surface area contributed by atoms with E-state index < -0.39 is 24.3 Å². The predicted octanol–water partition coefficient (Wildman–Crippen LogP) is 15.7. The molecule has 0 saturated carbocycles. The molecule has 9 heteroatoms. The van der Waals surface area contributed by atoms with Gasteiger partial charge < -0.3 is 28.5 Å². The van der Waals surface area contributed by atoms with Gasteiger partial charge in [-0.2, -0.15) is 0 Å². The minimum absolute atomic E-state index is 0.184. The molecule has 0 spiro atoms. The number of carboxylic acid groups (broad SMARTS) is 1. The zero-order chi connectivity index (χ0) is 48.4. The number of aliphatic carboxylic acids is 1. The standard InChI is InChI=1S/C57H105NO8/c1-6-8-10-12-14-16-18-20-22-24-25-26-27-28-29-30-31-32-34-36-38-40-42-44-46-48-55(60)66-53(52-65-57(56(61)62)63-50-49-58(3,4)5)51-64-54(59)47-45-43-41-39-37-35-33-23-21-19-17-15-13-11-9-7-2/h18,20,23-25,33,53,57H,6-17,19,21-22,26-32,34-52H2,1-5H3/p+1/b20-18-,25-24-,33-23-. The lowest BCUT2D eigenvalue weighted by Gasteiger charge is -2.25. The van der Waals surface area contributed by atoms with E-state index in [1.807, 2.05) is 21.1 Å². The number of hydrogen-bond acceptors (Lipinski definition) is 7. The molecule has 0 fully saturated rings. The van der Waals surface area contributed by atoms with Crippen molar-refractivity contribution >= 4 is 17.9 Å². The second-order valence-electron chi connectivity index (χ2n) is 19.9. The molecule has 0 aliphatic carbocycles. The lowest BCUT2D eigenvalue weighted by molar-refractivity contribution is -0.870. The smallest absolute Gasteiger partial charge is 0.361 e. The maximum Gasteiger partial charge on any atom is 0.361 e. The van der Waals surface area contributed by atoms with Gasteiger partial charge in [0.05, 0.1) is 34.4 Å². The first-order valence-corrected chi connectivity index (χ1v) is 27.7. The van der Waals surface area contributed by atoms with E-state index in [0.717, 1.165) is 57.8 Å². The molecule has 0 aromatic carbocycles. The van der Waals surface area contributed by atoms with E-state index in [0.29, 0.717) is 17.4 Å². The minimum atomic E-state index is -1.51. The lowest BCUT2D eigenvalue weighted by atomic mass is 10.0. The minimum Gasteiger partial charge on any atom is -0.477 e. The molecule has 0 bridgehead atoms. The highest BCUT2D eigenvalue weighted by Crippen LogP contribution is 2.16. The number of carbonyl (C=O) groups is 3. The van der Waals surface area contributed by atoms with Crippen LogP contribution in [0.5, 0.6) is 0 Å². The zero-order valence-electron chi connectivity index (χ0n) is 43.9. The van der Waals surface area contributed by atoms with Crippen LogP contribution in [-0.2, 0) is 33.3 Å². The molecule has 0 saturated heterocycles. The Morgan fingerprint density at radius 2 is 0.818 bits per heavy atom. The van der Waals surface area contributed by atoms with Crippen LogP contribution in [-0.4, -0.2) is 87.4 Å². The number of carbonyl (C=O) groups excluding carboxylic acids is 2. The van der Waals surface area contributed by atoms with Crippen molar-refractivity contribution in [1.29, 1.82) is 0 Å². The number of esters is 2. The van der Waals surface area contributed by atoms with E-state index in [9.17, 15) is 19.5 Å². The fourth-order valence-corrected chi connectivity index (χ4v) is 7.80. The SMILES string of the molecule is CCCCCCC/C=C\C/C=C\CCCCCCCCCCCCCCCC(=O)OC(COC(=O)CCCCCCC/C=C\CCCCCCCCC)COC(OCC[N+](C)(C)C)C(=O)O. The maximum absolute atomic E-state index is 12.8. The molecule has 9 nitrogen and oxygen atoms in total. The summed E-state index contributed by atoms with van der Waals surface area (Å²) in [5, 5.41) is 9.68. The summed E-state index contributed by atoms with van der Waals surface area (Å²) in [6.07, 6.45) is 55.0. The molecule has 0 rings (SSSR count).